The Morgan fingerprint density at radius 1 is 1.08 bits per heavy atom. The standard InChI is InChI=1S/C14H24B4O7P/c1-7-12(9(5-20-3)23-13(7)15)25-26(17,19)22-6-10-11(21-4)8(2)14(18-16)24-10/h7-14H,5-6H2,1-4H3/t7-,8-,9+,10+,11?,12?,13+,14+,26?/m0/s1. The van der Waals surface area contributed by atoms with Crippen LogP contribution in [-0.2, 0) is 32.6 Å². The first-order chi connectivity index (χ1) is 12.2. The van der Waals surface area contributed by atoms with Crippen molar-refractivity contribution in [3.8, 4) is 0 Å². The molecular formula is C14H24B4O7P. The van der Waals surface area contributed by atoms with Crippen molar-refractivity contribution in [3.63, 3.8) is 0 Å². The van der Waals surface area contributed by atoms with Gasteiger partial charge in [0.25, 0.3) is 7.47 Å². The Kier molecular flexibility index (Phi) is 8.35. The van der Waals surface area contributed by atoms with Crippen LogP contribution >= 0.6 is 7.47 Å². The largest absolute Gasteiger partial charge is 0.382 e. The summed E-state index contributed by atoms with van der Waals surface area (Å²) in [4.78, 5) is 0. The van der Waals surface area contributed by atoms with Gasteiger partial charge in [-0.1, -0.05) is 13.8 Å². The van der Waals surface area contributed by atoms with Gasteiger partial charge in [0.15, 0.2) is 0 Å². The molecule has 2 saturated heterocycles. The SMILES string of the molecule is [B][B][C@@H]1O[C@H](COP([B])(=O)OC2[C@@H](COC)O[C@@H]([B])[C@H]2C)C(OC)[C@@H]1C. The summed E-state index contributed by atoms with van der Waals surface area (Å²) < 4.78 is 45.4. The molecule has 0 bridgehead atoms. The summed E-state index contributed by atoms with van der Waals surface area (Å²) in [6, 6.07) is -0.836. The molecule has 0 aliphatic carbocycles. The highest BCUT2D eigenvalue weighted by Gasteiger charge is 2.44. The minimum atomic E-state index is -3.87. The van der Waals surface area contributed by atoms with Crippen LogP contribution in [0.3, 0.4) is 0 Å². The molecule has 139 valence electrons. The highest BCUT2D eigenvalue weighted by molar-refractivity contribution is 7.79. The van der Waals surface area contributed by atoms with Crippen molar-refractivity contribution in [3.05, 3.63) is 0 Å². The van der Waals surface area contributed by atoms with E-state index in [1.54, 1.807) is 7.11 Å². The van der Waals surface area contributed by atoms with E-state index in [4.69, 9.17) is 51.1 Å². The molecule has 2 heterocycles. The van der Waals surface area contributed by atoms with Gasteiger partial charge in [0.1, 0.15) is 20.1 Å². The average molecular weight is 379 g/mol. The molecule has 0 spiro atoms. The summed E-state index contributed by atoms with van der Waals surface area (Å²) in [5.41, 5.74) is 0. The van der Waals surface area contributed by atoms with Crippen LogP contribution in [0.4, 0.5) is 0 Å². The van der Waals surface area contributed by atoms with Gasteiger partial charge < -0.3 is 28.0 Å². The summed E-state index contributed by atoms with van der Waals surface area (Å²) in [5.74, 6) is -0.190. The van der Waals surface area contributed by atoms with E-state index in [-0.39, 0.29) is 37.2 Å². The maximum atomic E-state index is 12.6. The molecule has 12 heteroatoms. The molecule has 9 atom stereocenters. The van der Waals surface area contributed by atoms with Crippen molar-refractivity contribution >= 4 is 37.8 Å². The molecule has 0 aromatic heterocycles. The Bertz CT molecular complexity index is 502. The summed E-state index contributed by atoms with van der Waals surface area (Å²) >= 11 is 0. The maximum absolute atomic E-state index is 12.6. The molecule has 3 unspecified atom stereocenters. The number of ether oxygens (including phenoxy) is 4. The van der Waals surface area contributed by atoms with E-state index in [9.17, 15) is 4.57 Å². The Hall–Kier alpha value is 0.250. The normalized spacial score (nSPS) is 42.6. The van der Waals surface area contributed by atoms with Gasteiger partial charge >= 0.3 is 0 Å². The molecule has 7 radical (unpaired) electrons. The second-order valence-corrected chi connectivity index (χ2v) is 8.30. The third kappa shape index (κ3) is 5.19. The fraction of sp³-hybridized carbons (Fsp3) is 1.00. The minimum Gasteiger partial charge on any atom is -0.382 e. The zero-order valence-electron chi connectivity index (χ0n) is 15.6. The molecule has 0 aromatic rings. The fourth-order valence-electron chi connectivity index (χ4n) is 3.42. The number of hydrogen-bond acceptors (Lipinski definition) is 7. The summed E-state index contributed by atoms with van der Waals surface area (Å²) in [6.45, 7) is 3.97. The van der Waals surface area contributed by atoms with Crippen LogP contribution in [0.15, 0.2) is 0 Å². The molecule has 7 nitrogen and oxygen atoms in total. The van der Waals surface area contributed by atoms with E-state index in [1.165, 1.54) is 14.3 Å². The Morgan fingerprint density at radius 2 is 1.73 bits per heavy atom. The quantitative estimate of drug-likeness (QED) is 0.413. The lowest BCUT2D eigenvalue weighted by Gasteiger charge is -2.27. The van der Waals surface area contributed by atoms with Crippen LogP contribution in [-0.4, -0.2) is 94.2 Å². The van der Waals surface area contributed by atoms with Crippen LogP contribution in [0.2, 0.25) is 0 Å². The summed E-state index contributed by atoms with van der Waals surface area (Å²) in [7, 11) is 17.9. The van der Waals surface area contributed by atoms with Crippen LogP contribution in [0, 0.1) is 11.8 Å². The average Bonchev–Trinajstić information content (AvgIpc) is 3.04. The van der Waals surface area contributed by atoms with Crippen molar-refractivity contribution < 1.29 is 32.6 Å². The lowest BCUT2D eigenvalue weighted by Crippen LogP contribution is -2.33. The maximum Gasteiger partial charge on any atom is 0.264 e. The predicted octanol–water partition coefficient (Wildman–Crippen LogP) is 0.00440. The van der Waals surface area contributed by atoms with E-state index in [0.717, 1.165) is 0 Å². The van der Waals surface area contributed by atoms with Gasteiger partial charge in [0, 0.05) is 45.8 Å². The number of methoxy groups -OCH3 is 2. The second kappa shape index (κ2) is 9.64. The molecule has 2 aliphatic heterocycles. The molecule has 2 fully saturated rings. The topological polar surface area (TPSA) is 72.5 Å². The lowest BCUT2D eigenvalue weighted by molar-refractivity contribution is -0.0292. The first kappa shape index (κ1) is 22.5. The van der Waals surface area contributed by atoms with Crippen molar-refractivity contribution in [2.75, 3.05) is 27.4 Å². The van der Waals surface area contributed by atoms with Crippen molar-refractivity contribution in [1.82, 2.24) is 0 Å². The summed E-state index contributed by atoms with van der Waals surface area (Å²) in [5, 5.41) is 0. The van der Waals surface area contributed by atoms with Gasteiger partial charge in [-0.05, 0) is 0 Å². The molecule has 0 saturated carbocycles. The van der Waals surface area contributed by atoms with E-state index in [1.807, 2.05) is 13.8 Å². The van der Waals surface area contributed by atoms with Crippen LogP contribution in [0.1, 0.15) is 13.8 Å². The number of hydrogen-bond donors (Lipinski definition) is 0. The zero-order valence-corrected chi connectivity index (χ0v) is 16.5. The van der Waals surface area contributed by atoms with Gasteiger partial charge in [-0.3, -0.25) is 4.57 Å². The fourth-order valence-corrected chi connectivity index (χ4v) is 4.50. The van der Waals surface area contributed by atoms with Gasteiger partial charge in [0.2, 0.25) is 7.57 Å². The first-order valence-corrected chi connectivity index (χ1v) is 10.2. The van der Waals surface area contributed by atoms with Crippen molar-refractivity contribution in [1.29, 1.82) is 0 Å². The van der Waals surface area contributed by atoms with Crippen LogP contribution in [0.25, 0.3) is 0 Å². The molecule has 0 N–H and O–H groups in total. The monoisotopic (exact) mass is 379 g/mol. The first-order valence-electron chi connectivity index (χ1n) is 8.59. The van der Waals surface area contributed by atoms with Gasteiger partial charge in [-0.2, -0.15) is 0 Å². The highest BCUT2D eigenvalue weighted by atomic mass is 31.2. The van der Waals surface area contributed by atoms with Gasteiger partial charge in [0.05, 0.1) is 32.6 Å². The smallest absolute Gasteiger partial charge is 0.264 e. The van der Waals surface area contributed by atoms with Crippen molar-refractivity contribution in [2.24, 2.45) is 11.8 Å². The molecule has 0 amide bonds. The predicted molar refractivity (Wildman–Crippen MR) is 99.8 cm³/mol. The van der Waals surface area contributed by atoms with E-state index >= 15 is 0 Å². The molecule has 26 heavy (non-hydrogen) atoms. The third-order valence-corrected chi connectivity index (χ3v) is 6.00. The Balaban J connectivity index is 1.95. The summed E-state index contributed by atoms with van der Waals surface area (Å²) in [6.07, 6.45) is -1.80. The van der Waals surface area contributed by atoms with Crippen LogP contribution < -0.4 is 0 Å². The Labute approximate surface area is 160 Å². The molecule has 0 aromatic carbocycles. The lowest BCUT2D eigenvalue weighted by atomic mass is 9.49. The second-order valence-electron chi connectivity index (χ2n) is 6.75. The molecule has 2 aliphatic rings. The van der Waals surface area contributed by atoms with Crippen LogP contribution in [0.5, 0.6) is 0 Å². The minimum absolute atomic E-state index is 0.0315. The van der Waals surface area contributed by atoms with Gasteiger partial charge in [-0.25, -0.2) is 0 Å². The van der Waals surface area contributed by atoms with Crippen molar-refractivity contribution in [2.45, 2.75) is 50.3 Å². The Morgan fingerprint density at radius 3 is 2.31 bits per heavy atom. The van der Waals surface area contributed by atoms with Gasteiger partial charge in [-0.15, -0.1) is 0 Å². The van der Waals surface area contributed by atoms with E-state index in [0.29, 0.717) is 0 Å². The third-order valence-electron chi connectivity index (χ3n) is 4.95. The molecule has 2 rings (SSSR count). The van der Waals surface area contributed by atoms with E-state index < -0.39 is 31.8 Å². The zero-order chi connectivity index (χ0) is 19.5. The molecular weight excluding hydrogens is 354 g/mol. The number of rotatable bonds is 9. The highest BCUT2D eigenvalue weighted by Crippen LogP contribution is 2.48. The van der Waals surface area contributed by atoms with E-state index in [2.05, 4.69) is 0 Å².